The third-order valence-corrected chi connectivity index (χ3v) is 4.19. The fraction of sp³-hybridized carbons (Fsp3) is 0.250. The van der Waals surface area contributed by atoms with Gasteiger partial charge in [-0.05, 0) is 24.3 Å². The van der Waals surface area contributed by atoms with Crippen LogP contribution in [0.2, 0.25) is 0 Å². The predicted octanol–water partition coefficient (Wildman–Crippen LogP) is 4.88. The Bertz CT molecular complexity index is 644. The van der Waals surface area contributed by atoms with Gasteiger partial charge in [0.1, 0.15) is 17.2 Å². The van der Waals surface area contributed by atoms with Gasteiger partial charge in [-0.2, -0.15) is 13.2 Å². The average Bonchev–Trinajstić information content (AvgIpc) is 2.54. The average molecular weight is 344 g/mol. The van der Waals surface area contributed by atoms with Crippen LogP contribution in [-0.4, -0.2) is 21.3 Å². The van der Waals surface area contributed by atoms with Crippen molar-refractivity contribution in [2.75, 3.05) is 21.3 Å². The van der Waals surface area contributed by atoms with E-state index >= 15 is 0 Å². The summed E-state index contributed by atoms with van der Waals surface area (Å²) in [6, 6.07) is 8.30. The van der Waals surface area contributed by atoms with Gasteiger partial charge in [-0.25, -0.2) is 0 Å². The minimum absolute atomic E-state index is 0.520. The second-order valence-electron chi connectivity index (χ2n) is 4.49. The van der Waals surface area contributed by atoms with Gasteiger partial charge in [-0.1, -0.05) is 11.8 Å². The summed E-state index contributed by atoms with van der Waals surface area (Å²) >= 11 is 1.26. The van der Waals surface area contributed by atoms with Crippen molar-refractivity contribution in [3.8, 4) is 17.2 Å². The van der Waals surface area contributed by atoms with Gasteiger partial charge in [-0.15, -0.1) is 0 Å². The Kier molecular flexibility index (Phi) is 5.30. The van der Waals surface area contributed by atoms with E-state index in [0.717, 1.165) is 12.1 Å². The Morgan fingerprint density at radius 3 is 1.74 bits per heavy atom. The fourth-order valence-corrected chi connectivity index (χ4v) is 2.90. The molecule has 0 aliphatic rings. The first-order valence-electron chi connectivity index (χ1n) is 6.54. The molecule has 0 spiro atoms. The molecule has 0 aromatic heterocycles. The van der Waals surface area contributed by atoms with E-state index in [9.17, 15) is 13.2 Å². The molecule has 0 N–H and O–H groups in total. The molecule has 3 nitrogen and oxygen atoms in total. The highest BCUT2D eigenvalue weighted by molar-refractivity contribution is 7.99. The standard InChI is InChI=1S/C16H15F3O3S/c1-20-11-8-13(21-2)15(14(9-11)22-3)23-12-6-4-10(5-7-12)16(17,18)19/h4-9H,1-3H3. The maximum atomic E-state index is 12.6. The highest BCUT2D eigenvalue weighted by Gasteiger charge is 2.30. The zero-order valence-corrected chi connectivity index (χ0v) is 13.5. The molecule has 0 unspecified atom stereocenters. The monoisotopic (exact) mass is 344 g/mol. The molecule has 0 radical (unpaired) electrons. The van der Waals surface area contributed by atoms with Crippen LogP contribution in [0.15, 0.2) is 46.2 Å². The number of methoxy groups -OCH3 is 3. The van der Waals surface area contributed by atoms with E-state index in [2.05, 4.69) is 0 Å². The zero-order chi connectivity index (χ0) is 17.0. The summed E-state index contributed by atoms with van der Waals surface area (Å²) in [6.45, 7) is 0. The van der Waals surface area contributed by atoms with Crippen LogP contribution in [0.3, 0.4) is 0 Å². The normalized spacial score (nSPS) is 11.2. The summed E-state index contributed by atoms with van der Waals surface area (Å²) < 4.78 is 53.6. The van der Waals surface area contributed by atoms with E-state index in [1.807, 2.05) is 0 Å². The lowest BCUT2D eigenvalue weighted by atomic mass is 10.2. The summed E-state index contributed by atoms with van der Waals surface area (Å²) in [5.74, 6) is 1.60. The second kappa shape index (κ2) is 7.04. The van der Waals surface area contributed by atoms with Crippen LogP contribution in [0, 0.1) is 0 Å². The van der Waals surface area contributed by atoms with Gasteiger partial charge in [0.15, 0.2) is 0 Å². The van der Waals surface area contributed by atoms with E-state index in [1.54, 1.807) is 12.1 Å². The SMILES string of the molecule is COc1cc(OC)c(Sc2ccc(C(F)(F)F)cc2)c(OC)c1. The van der Waals surface area contributed by atoms with Crippen LogP contribution in [0.1, 0.15) is 5.56 Å². The molecule has 2 aromatic rings. The number of hydrogen-bond acceptors (Lipinski definition) is 4. The number of halogens is 3. The van der Waals surface area contributed by atoms with E-state index < -0.39 is 11.7 Å². The highest BCUT2D eigenvalue weighted by Crippen LogP contribution is 2.44. The number of hydrogen-bond donors (Lipinski definition) is 0. The van der Waals surface area contributed by atoms with E-state index in [0.29, 0.717) is 27.0 Å². The summed E-state index contributed by atoms with van der Waals surface area (Å²) in [6.07, 6.45) is -4.35. The molecule has 2 aromatic carbocycles. The van der Waals surface area contributed by atoms with Crippen molar-refractivity contribution in [3.63, 3.8) is 0 Å². The van der Waals surface area contributed by atoms with Crippen LogP contribution >= 0.6 is 11.8 Å². The van der Waals surface area contributed by atoms with Crippen molar-refractivity contribution in [1.29, 1.82) is 0 Å². The summed E-state index contributed by atoms with van der Waals surface area (Å²) in [4.78, 5) is 1.30. The molecule has 0 heterocycles. The Morgan fingerprint density at radius 1 is 0.826 bits per heavy atom. The Balaban J connectivity index is 2.35. The molecule has 2 rings (SSSR count). The Morgan fingerprint density at radius 2 is 1.35 bits per heavy atom. The first-order valence-corrected chi connectivity index (χ1v) is 7.35. The molecular formula is C16H15F3O3S. The molecule has 23 heavy (non-hydrogen) atoms. The molecular weight excluding hydrogens is 329 g/mol. The maximum Gasteiger partial charge on any atom is 0.416 e. The minimum Gasteiger partial charge on any atom is -0.496 e. The number of ether oxygens (including phenoxy) is 3. The van der Waals surface area contributed by atoms with Crippen molar-refractivity contribution in [1.82, 2.24) is 0 Å². The largest absolute Gasteiger partial charge is 0.496 e. The summed E-state index contributed by atoms with van der Waals surface area (Å²) in [5.41, 5.74) is -0.685. The molecule has 0 amide bonds. The first kappa shape index (κ1) is 17.3. The van der Waals surface area contributed by atoms with Gasteiger partial charge in [0.25, 0.3) is 0 Å². The van der Waals surface area contributed by atoms with E-state index in [4.69, 9.17) is 14.2 Å². The number of alkyl halides is 3. The number of benzene rings is 2. The zero-order valence-electron chi connectivity index (χ0n) is 12.7. The van der Waals surface area contributed by atoms with Crippen molar-refractivity contribution in [3.05, 3.63) is 42.0 Å². The number of rotatable bonds is 5. The quantitative estimate of drug-likeness (QED) is 0.772. The fourth-order valence-electron chi connectivity index (χ4n) is 1.90. The van der Waals surface area contributed by atoms with Crippen LogP contribution in [0.5, 0.6) is 17.2 Å². The minimum atomic E-state index is -4.35. The van der Waals surface area contributed by atoms with Gasteiger partial charge in [0, 0.05) is 17.0 Å². The van der Waals surface area contributed by atoms with Gasteiger partial charge >= 0.3 is 6.18 Å². The van der Waals surface area contributed by atoms with Crippen LogP contribution in [0.25, 0.3) is 0 Å². The molecule has 124 valence electrons. The molecule has 0 atom stereocenters. The Labute approximate surface area is 136 Å². The highest BCUT2D eigenvalue weighted by atomic mass is 32.2. The van der Waals surface area contributed by atoms with Crippen LogP contribution < -0.4 is 14.2 Å². The molecule has 0 aliphatic carbocycles. The second-order valence-corrected chi connectivity index (χ2v) is 5.57. The lowest BCUT2D eigenvalue weighted by Crippen LogP contribution is -2.03. The maximum absolute atomic E-state index is 12.6. The topological polar surface area (TPSA) is 27.7 Å². The third-order valence-electron chi connectivity index (χ3n) is 3.07. The summed E-state index contributed by atoms with van der Waals surface area (Å²) in [5, 5.41) is 0. The van der Waals surface area contributed by atoms with Gasteiger partial charge in [0.2, 0.25) is 0 Å². The predicted molar refractivity (Wildman–Crippen MR) is 81.7 cm³/mol. The molecule has 0 saturated heterocycles. The first-order chi connectivity index (χ1) is 10.9. The Hall–Kier alpha value is -2.02. The molecule has 0 fully saturated rings. The lowest BCUT2D eigenvalue weighted by molar-refractivity contribution is -0.137. The van der Waals surface area contributed by atoms with Gasteiger partial charge in [0.05, 0.1) is 31.8 Å². The van der Waals surface area contributed by atoms with Crippen molar-refractivity contribution in [2.24, 2.45) is 0 Å². The smallest absolute Gasteiger partial charge is 0.416 e. The third kappa shape index (κ3) is 4.04. The van der Waals surface area contributed by atoms with E-state index in [-0.39, 0.29) is 0 Å². The molecule has 0 aliphatic heterocycles. The van der Waals surface area contributed by atoms with E-state index in [1.165, 1.54) is 45.2 Å². The van der Waals surface area contributed by atoms with Crippen molar-refractivity contribution in [2.45, 2.75) is 16.0 Å². The van der Waals surface area contributed by atoms with Crippen LogP contribution in [0.4, 0.5) is 13.2 Å². The molecule has 0 bridgehead atoms. The molecule has 7 heteroatoms. The molecule has 0 saturated carbocycles. The van der Waals surface area contributed by atoms with Gasteiger partial charge < -0.3 is 14.2 Å². The van der Waals surface area contributed by atoms with Crippen molar-refractivity contribution >= 4 is 11.8 Å². The van der Waals surface area contributed by atoms with Crippen molar-refractivity contribution < 1.29 is 27.4 Å². The summed E-state index contributed by atoms with van der Waals surface area (Å²) in [7, 11) is 4.53. The lowest BCUT2D eigenvalue weighted by Gasteiger charge is -2.15. The van der Waals surface area contributed by atoms with Gasteiger partial charge in [-0.3, -0.25) is 0 Å². The van der Waals surface area contributed by atoms with Crippen LogP contribution in [-0.2, 0) is 6.18 Å².